The van der Waals surface area contributed by atoms with E-state index < -0.39 is 34.6 Å². The number of hydrogen-bond acceptors (Lipinski definition) is 7. The van der Waals surface area contributed by atoms with Gasteiger partial charge in [-0.3, -0.25) is 24.5 Å². The molecule has 0 aliphatic rings. The van der Waals surface area contributed by atoms with Crippen LogP contribution >= 0.6 is 23.2 Å². The molecule has 0 atom stereocenters. The highest BCUT2D eigenvalue weighted by Gasteiger charge is 2.22. The van der Waals surface area contributed by atoms with E-state index in [1.54, 1.807) is 6.07 Å². The number of halogens is 2. The number of esters is 1. The van der Waals surface area contributed by atoms with E-state index in [0.29, 0.717) is 5.02 Å². The van der Waals surface area contributed by atoms with Crippen LogP contribution in [0.5, 0.6) is 11.5 Å². The number of rotatable bonds is 9. The number of nitrogens with zero attached hydrogens (tertiary/aromatic N) is 1. The number of nitro benzene ring substituents is 1. The number of nitro groups is 1. The molecular formula is C19H15Cl2NO7. The van der Waals surface area contributed by atoms with Crippen LogP contribution in [0, 0.1) is 10.1 Å². The van der Waals surface area contributed by atoms with Crippen LogP contribution in [0.25, 0.3) is 0 Å². The van der Waals surface area contributed by atoms with E-state index in [1.165, 1.54) is 24.3 Å². The van der Waals surface area contributed by atoms with Gasteiger partial charge in [-0.15, -0.1) is 0 Å². The van der Waals surface area contributed by atoms with Gasteiger partial charge in [-0.05, 0) is 30.3 Å². The molecule has 0 aromatic heterocycles. The van der Waals surface area contributed by atoms with Crippen LogP contribution in [-0.2, 0) is 14.3 Å². The Labute approximate surface area is 175 Å². The number of carbonyl (C=O) groups is 3. The van der Waals surface area contributed by atoms with Crippen molar-refractivity contribution in [3.05, 3.63) is 62.1 Å². The molecular weight excluding hydrogens is 425 g/mol. The second-order valence-electron chi connectivity index (χ2n) is 5.83. The number of hydrogen-bond donors (Lipinski definition) is 0. The van der Waals surface area contributed by atoms with Crippen LogP contribution in [0.1, 0.15) is 29.6 Å². The average molecular weight is 440 g/mol. The largest absolute Gasteiger partial charge is 0.469 e. The van der Waals surface area contributed by atoms with Crippen molar-refractivity contribution in [3.8, 4) is 11.5 Å². The van der Waals surface area contributed by atoms with Crippen molar-refractivity contribution in [2.24, 2.45) is 0 Å². The van der Waals surface area contributed by atoms with Gasteiger partial charge in [-0.1, -0.05) is 23.2 Å². The summed E-state index contributed by atoms with van der Waals surface area (Å²) in [5, 5.41) is 11.9. The van der Waals surface area contributed by atoms with Gasteiger partial charge in [0.25, 0.3) is 5.69 Å². The summed E-state index contributed by atoms with van der Waals surface area (Å²) in [6, 6.07) is 8.18. The van der Waals surface area contributed by atoms with Crippen molar-refractivity contribution in [2.75, 3.05) is 7.11 Å². The van der Waals surface area contributed by atoms with Crippen LogP contribution in [-0.4, -0.2) is 29.6 Å². The fraction of sp³-hybridized carbons (Fsp3) is 0.211. The van der Waals surface area contributed by atoms with Gasteiger partial charge in [0.15, 0.2) is 5.78 Å². The molecule has 8 nitrogen and oxygen atoms in total. The predicted octanol–water partition coefficient (Wildman–Crippen LogP) is 4.79. The lowest BCUT2D eigenvalue weighted by Crippen LogP contribution is -2.12. The molecule has 2 aromatic rings. The van der Waals surface area contributed by atoms with E-state index >= 15 is 0 Å². The highest BCUT2D eigenvalue weighted by atomic mass is 35.5. The standard InChI is InChI=1S/C19H15Cl2NO7/c1-28-19(25)9-12(23)3-6-17(24)14-10-13(4-5-16(14)22(26)27)29-18-7-2-11(20)8-15(18)21/h2,4-5,7-8,10H,3,6,9H2,1H3. The van der Waals surface area contributed by atoms with Gasteiger partial charge in [0.05, 0.1) is 22.6 Å². The Bertz CT molecular complexity index is 975. The van der Waals surface area contributed by atoms with Gasteiger partial charge < -0.3 is 9.47 Å². The first-order valence-electron chi connectivity index (χ1n) is 8.24. The summed E-state index contributed by atoms with van der Waals surface area (Å²) in [5.41, 5.74) is -0.645. The molecule has 0 bridgehead atoms. The maximum absolute atomic E-state index is 12.5. The Morgan fingerprint density at radius 3 is 2.41 bits per heavy atom. The number of Topliss-reactive ketones (excluding diaryl/α,β-unsaturated/α-hetero) is 2. The molecule has 0 saturated heterocycles. The van der Waals surface area contributed by atoms with E-state index in [0.717, 1.165) is 13.2 Å². The Hall–Kier alpha value is -2.97. The summed E-state index contributed by atoms with van der Waals surface area (Å²) in [5.74, 6) is -1.47. The minimum atomic E-state index is -0.719. The third-order valence-corrected chi connectivity index (χ3v) is 4.32. The molecule has 0 N–H and O–H groups in total. The maximum atomic E-state index is 12.5. The predicted molar refractivity (Wildman–Crippen MR) is 105 cm³/mol. The lowest BCUT2D eigenvalue weighted by molar-refractivity contribution is -0.385. The summed E-state index contributed by atoms with van der Waals surface area (Å²) in [7, 11) is 1.14. The molecule has 0 aliphatic carbocycles. The number of benzene rings is 2. The van der Waals surface area contributed by atoms with Gasteiger partial charge in [0, 0.05) is 23.9 Å². The van der Waals surface area contributed by atoms with Crippen LogP contribution in [0.15, 0.2) is 36.4 Å². The van der Waals surface area contributed by atoms with Crippen molar-refractivity contribution in [3.63, 3.8) is 0 Å². The van der Waals surface area contributed by atoms with Crippen molar-refractivity contribution in [2.45, 2.75) is 19.3 Å². The van der Waals surface area contributed by atoms with Gasteiger partial charge in [-0.2, -0.15) is 0 Å². The first kappa shape index (κ1) is 22.3. The molecule has 0 heterocycles. The highest BCUT2D eigenvalue weighted by molar-refractivity contribution is 6.35. The van der Waals surface area contributed by atoms with E-state index in [2.05, 4.69) is 4.74 Å². The smallest absolute Gasteiger partial charge is 0.313 e. The quantitative estimate of drug-likeness (QED) is 0.181. The van der Waals surface area contributed by atoms with Crippen molar-refractivity contribution < 1.29 is 28.8 Å². The Morgan fingerprint density at radius 2 is 1.79 bits per heavy atom. The van der Waals surface area contributed by atoms with Crippen LogP contribution in [0.2, 0.25) is 10.0 Å². The highest BCUT2D eigenvalue weighted by Crippen LogP contribution is 2.33. The average Bonchev–Trinajstić information content (AvgIpc) is 2.67. The monoisotopic (exact) mass is 439 g/mol. The minimum Gasteiger partial charge on any atom is -0.469 e. The number of ether oxygens (including phenoxy) is 2. The molecule has 152 valence electrons. The van der Waals surface area contributed by atoms with Crippen LogP contribution in [0.4, 0.5) is 5.69 Å². The number of methoxy groups -OCH3 is 1. The lowest BCUT2D eigenvalue weighted by atomic mass is 10.0. The maximum Gasteiger partial charge on any atom is 0.313 e. The normalized spacial score (nSPS) is 10.3. The number of carbonyl (C=O) groups excluding carboxylic acids is 3. The van der Waals surface area contributed by atoms with Crippen molar-refractivity contribution in [1.29, 1.82) is 0 Å². The molecule has 0 unspecified atom stereocenters. The Morgan fingerprint density at radius 1 is 1.07 bits per heavy atom. The molecule has 0 saturated carbocycles. The Balaban J connectivity index is 2.21. The second kappa shape index (κ2) is 9.99. The first-order chi connectivity index (χ1) is 13.7. The summed E-state index contributed by atoms with van der Waals surface area (Å²) in [4.78, 5) is 45.8. The molecule has 0 aliphatic heterocycles. The van der Waals surface area contributed by atoms with Crippen molar-refractivity contribution >= 4 is 46.4 Å². The van der Waals surface area contributed by atoms with Crippen LogP contribution < -0.4 is 4.74 Å². The summed E-state index contributed by atoms with van der Waals surface area (Å²) < 4.78 is 9.97. The van der Waals surface area contributed by atoms with E-state index in [4.69, 9.17) is 27.9 Å². The first-order valence-corrected chi connectivity index (χ1v) is 9.00. The third-order valence-electron chi connectivity index (χ3n) is 3.79. The molecule has 2 aromatic carbocycles. The van der Waals surface area contributed by atoms with Gasteiger partial charge in [-0.25, -0.2) is 0 Å². The number of ketones is 2. The molecule has 2 rings (SSSR count). The zero-order valence-corrected chi connectivity index (χ0v) is 16.7. The second-order valence-corrected chi connectivity index (χ2v) is 6.67. The van der Waals surface area contributed by atoms with E-state index in [-0.39, 0.29) is 34.9 Å². The zero-order chi connectivity index (χ0) is 21.6. The fourth-order valence-corrected chi connectivity index (χ4v) is 2.80. The molecule has 10 heteroatoms. The fourth-order valence-electron chi connectivity index (χ4n) is 2.36. The lowest BCUT2D eigenvalue weighted by Gasteiger charge is -2.09. The summed E-state index contributed by atoms with van der Waals surface area (Å²) in [6.07, 6.45) is -1.02. The summed E-state index contributed by atoms with van der Waals surface area (Å²) in [6.45, 7) is 0. The Kier molecular flexibility index (Phi) is 7.69. The SMILES string of the molecule is COC(=O)CC(=O)CCC(=O)c1cc(Oc2ccc(Cl)cc2Cl)ccc1[N+](=O)[O-]. The summed E-state index contributed by atoms with van der Waals surface area (Å²) >= 11 is 11.9. The molecule has 0 spiro atoms. The van der Waals surface area contributed by atoms with Crippen LogP contribution in [0.3, 0.4) is 0 Å². The molecule has 0 amide bonds. The van der Waals surface area contributed by atoms with E-state index in [1.807, 2.05) is 0 Å². The molecule has 0 fully saturated rings. The zero-order valence-electron chi connectivity index (χ0n) is 15.1. The van der Waals surface area contributed by atoms with Gasteiger partial charge in [0.2, 0.25) is 0 Å². The van der Waals surface area contributed by atoms with Gasteiger partial charge in [0.1, 0.15) is 23.7 Å². The topological polar surface area (TPSA) is 113 Å². The van der Waals surface area contributed by atoms with Crippen molar-refractivity contribution in [1.82, 2.24) is 0 Å². The molecule has 0 radical (unpaired) electrons. The molecule has 29 heavy (non-hydrogen) atoms. The van der Waals surface area contributed by atoms with Gasteiger partial charge >= 0.3 is 5.97 Å². The minimum absolute atomic E-state index is 0.143. The van der Waals surface area contributed by atoms with E-state index in [9.17, 15) is 24.5 Å². The third kappa shape index (κ3) is 6.27.